The molecule has 0 spiro atoms. The van der Waals surface area contributed by atoms with Crippen molar-refractivity contribution in [1.29, 1.82) is 0 Å². The number of alkyl halides is 4. The molecule has 0 aliphatic carbocycles. The minimum atomic E-state index is -2.89. The van der Waals surface area contributed by atoms with Gasteiger partial charge in [-0.2, -0.15) is 8.78 Å². The van der Waals surface area contributed by atoms with Crippen LogP contribution in [0.25, 0.3) is 0 Å². The number of methoxy groups -OCH3 is 1. The van der Waals surface area contributed by atoms with E-state index >= 15 is 0 Å². The van der Waals surface area contributed by atoms with Crippen LogP contribution in [0, 0.1) is 23.7 Å². The van der Waals surface area contributed by atoms with Crippen molar-refractivity contribution in [2.45, 2.75) is 78.8 Å². The molecule has 5 aliphatic heterocycles. The number of rotatable bonds is 7. The lowest BCUT2D eigenvalue weighted by Gasteiger charge is -2.45. The Labute approximate surface area is 248 Å². The molecule has 5 aliphatic rings. The van der Waals surface area contributed by atoms with Crippen molar-refractivity contribution in [2.24, 2.45) is 23.7 Å². The van der Waals surface area contributed by atoms with Crippen LogP contribution in [0.3, 0.4) is 0 Å². The second kappa shape index (κ2) is 13.4. The molecular formula is C25H40Cl2F2N6O4S. The maximum atomic E-state index is 13.6. The van der Waals surface area contributed by atoms with Crippen molar-refractivity contribution in [3.63, 3.8) is 0 Å². The second-order valence-electron chi connectivity index (χ2n) is 11.6. The van der Waals surface area contributed by atoms with Crippen molar-refractivity contribution in [3.05, 3.63) is 0 Å². The van der Waals surface area contributed by atoms with E-state index in [9.17, 15) is 18.4 Å². The quantitative estimate of drug-likeness (QED) is 0.207. The summed E-state index contributed by atoms with van der Waals surface area (Å²) >= 11 is 14.5. The van der Waals surface area contributed by atoms with Crippen LogP contribution >= 0.6 is 35.0 Å². The number of thioether (sulfide) groups is 1. The lowest BCUT2D eigenvalue weighted by molar-refractivity contribution is -0.178. The predicted octanol–water partition coefficient (Wildman–Crippen LogP) is 0.888. The van der Waals surface area contributed by atoms with Crippen molar-refractivity contribution in [2.75, 3.05) is 39.8 Å². The molecule has 5 N–H and O–H groups in total. The molecule has 0 aromatic rings. The average Bonchev–Trinajstić information content (AvgIpc) is 3.47. The summed E-state index contributed by atoms with van der Waals surface area (Å²) in [4.78, 5) is 28.6. The van der Waals surface area contributed by atoms with E-state index in [4.69, 9.17) is 27.9 Å². The van der Waals surface area contributed by atoms with Gasteiger partial charge in [0.2, 0.25) is 11.8 Å². The lowest BCUT2D eigenvalue weighted by Crippen LogP contribution is -2.57. The second-order valence-corrected chi connectivity index (χ2v) is 14.0. The number of ether oxygens (including phenoxy) is 2. The number of halogens is 4. The van der Waals surface area contributed by atoms with Crippen molar-refractivity contribution < 1.29 is 27.8 Å². The molecule has 0 radical (unpaired) electrons. The van der Waals surface area contributed by atoms with Crippen LogP contribution < -0.4 is 26.6 Å². The summed E-state index contributed by atoms with van der Waals surface area (Å²) < 4.78 is 35.3. The number of fused-ring (bicyclic) bond motifs is 1. The highest BCUT2D eigenvalue weighted by molar-refractivity contribution is 8.00. The normalized spacial score (nSPS) is 44.0. The van der Waals surface area contributed by atoms with Gasteiger partial charge < -0.3 is 25.0 Å². The summed E-state index contributed by atoms with van der Waals surface area (Å²) in [6, 6.07) is 0.353. The van der Waals surface area contributed by atoms with E-state index in [2.05, 4.69) is 38.2 Å². The van der Waals surface area contributed by atoms with Gasteiger partial charge in [-0.15, -0.1) is 35.0 Å². The van der Waals surface area contributed by atoms with Crippen molar-refractivity contribution >= 4 is 46.8 Å². The molecule has 15 heteroatoms. The molecule has 5 heterocycles. The summed E-state index contributed by atoms with van der Waals surface area (Å²) in [5.74, 6) is -0.427. The molecular weight excluding hydrogens is 589 g/mol. The highest BCUT2D eigenvalue weighted by Crippen LogP contribution is 2.39. The lowest BCUT2D eigenvalue weighted by atomic mass is 9.70. The fourth-order valence-electron chi connectivity index (χ4n) is 6.99. The molecule has 0 bridgehead atoms. The standard InChI is InChI=1S/C25H40Cl2F2N6O4S/c1-11-3-12(13-4-20(27)31-8-18(13)38-2)14(6-30-11)22(36)34-25-33-17-9-35(10-19(17)40-25)23(37)15-7-32-21(5-16(15)26)39-24(28)29/h11-21,24-25,30-33H,3-10H2,1-2H3,(H,34,36). The summed E-state index contributed by atoms with van der Waals surface area (Å²) in [5, 5.41) is 15.9. The number of nitrogens with one attached hydrogen (secondary N) is 5. The Balaban J connectivity index is 1.13. The van der Waals surface area contributed by atoms with E-state index in [1.54, 1.807) is 23.8 Å². The van der Waals surface area contributed by atoms with E-state index in [0.29, 0.717) is 32.2 Å². The zero-order chi connectivity index (χ0) is 28.6. The third-order valence-electron chi connectivity index (χ3n) is 9.07. The molecule has 2 amide bonds. The highest BCUT2D eigenvalue weighted by Gasteiger charge is 2.48. The number of carbonyl (C=O) groups excluding carboxylic acids is 2. The number of hydrogen-bond acceptors (Lipinski definition) is 9. The molecule has 5 saturated heterocycles. The van der Waals surface area contributed by atoms with Crippen molar-refractivity contribution in [3.8, 4) is 0 Å². The van der Waals surface area contributed by atoms with Gasteiger partial charge in [-0.3, -0.25) is 25.5 Å². The summed E-state index contributed by atoms with van der Waals surface area (Å²) in [7, 11) is 1.72. The molecule has 5 fully saturated rings. The molecule has 0 aromatic heterocycles. The maximum Gasteiger partial charge on any atom is 0.346 e. The number of piperidine rings is 3. The minimum absolute atomic E-state index is 0.0112. The van der Waals surface area contributed by atoms with Gasteiger partial charge >= 0.3 is 6.61 Å². The SMILES string of the molecule is COC1CNC(Cl)CC1C1CC(C)NCC1C(=O)NC1NC2CN(C(=O)C3CNC(OC(F)F)CC3Cl)CC2S1. The Morgan fingerprint density at radius 1 is 1.02 bits per heavy atom. The molecule has 10 nitrogen and oxygen atoms in total. The third kappa shape index (κ3) is 6.99. The maximum absolute atomic E-state index is 13.6. The van der Waals surface area contributed by atoms with Gasteiger partial charge in [-0.25, -0.2) is 0 Å². The van der Waals surface area contributed by atoms with Crippen LogP contribution in [-0.4, -0.2) is 109 Å². The highest BCUT2D eigenvalue weighted by atomic mass is 35.5. The summed E-state index contributed by atoms with van der Waals surface area (Å²) in [6.07, 6.45) is 0.919. The Kier molecular flexibility index (Phi) is 10.4. The molecule has 0 saturated carbocycles. The fraction of sp³-hybridized carbons (Fsp3) is 0.920. The Morgan fingerprint density at radius 3 is 2.50 bits per heavy atom. The van der Waals surface area contributed by atoms with E-state index in [0.717, 1.165) is 12.8 Å². The Morgan fingerprint density at radius 2 is 1.80 bits per heavy atom. The van der Waals surface area contributed by atoms with E-state index in [1.807, 2.05) is 0 Å². The zero-order valence-electron chi connectivity index (χ0n) is 22.7. The van der Waals surface area contributed by atoms with Gasteiger partial charge in [-0.05, 0) is 31.6 Å². The van der Waals surface area contributed by atoms with Gasteiger partial charge in [0.05, 0.1) is 28.8 Å². The van der Waals surface area contributed by atoms with Crippen LogP contribution in [0.15, 0.2) is 0 Å². The third-order valence-corrected chi connectivity index (χ3v) is 11.2. The molecule has 40 heavy (non-hydrogen) atoms. The van der Waals surface area contributed by atoms with Crippen LogP contribution in [0.2, 0.25) is 0 Å². The Hall–Kier alpha value is -0.510. The van der Waals surface area contributed by atoms with E-state index in [-0.39, 0.29) is 70.9 Å². The molecule has 12 atom stereocenters. The first-order chi connectivity index (χ1) is 19.1. The fourth-order valence-corrected chi connectivity index (χ4v) is 9.05. The number of hydrogen-bond donors (Lipinski definition) is 5. The zero-order valence-corrected chi connectivity index (χ0v) is 25.0. The predicted molar refractivity (Wildman–Crippen MR) is 149 cm³/mol. The largest absolute Gasteiger partial charge is 0.380 e. The molecule has 0 aromatic carbocycles. The van der Waals surface area contributed by atoms with Gasteiger partial charge in [0.25, 0.3) is 0 Å². The van der Waals surface area contributed by atoms with Gasteiger partial charge in [0, 0.05) is 63.6 Å². The monoisotopic (exact) mass is 628 g/mol. The van der Waals surface area contributed by atoms with Crippen LogP contribution in [-0.2, 0) is 19.1 Å². The number of nitrogens with zero attached hydrogens (tertiary/aromatic N) is 1. The first-order valence-electron chi connectivity index (χ1n) is 14.1. The van der Waals surface area contributed by atoms with Gasteiger partial charge in [0.1, 0.15) is 11.7 Å². The molecule has 5 rings (SSSR count). The minimum Gasteiger partial charge on any atom is -0.380 e. The van der Waals surface area contributed by atoms with E-state index in [1.165, 1.54) is 0 Å². The first kappa shape index (κ1) is 30.9. The first-order valence-corrected chi connectivity index (χ1v) is 15.9. The Bertz CT molecular complexity index is 903. The number of amides is 2. The molecule has 12 unspecified atom stereocenters. The number of likely N-dealkylation sites (tertiary alicyclic amines) is 1. The average molecular weight is 630 g/mol. The van der Waals surface area contributed by atoms with Crippen LogP contribution in [0.5, 0.6) is 0 Å². The van der Waals surface area contributed by atoms with Crippen LogP contribution in [0.4, 0.5) is 8.78 Å². The summed E-state index contributed by atoms with van der Waals surface area (Å²) in [5.41, 5.74) is -0.371. The van der Waals surface area contributed by atoms with Crippen LogP contribution in [0.1, 0.15) is 26.2 Å². The molecule has 228 valence electrons. The summed E-state index contributed by atoms with van der Waals surface area (Å²) in [6.45, 7) is 1.77. The van der Waals surface area contributed by atoms with Gasteiger partial charge in [0.15, 0.2) is 0 Å². The van der Waals surface area contributed by atoms with E-state index < -0.39 is 24.1 Å². The smallest absolute Gasteiger partial charge is 0.346 e. The van der Waals surface area contributed by atoms with Crippen molar-refractivity contribution in [1.82, 2.24) is 31.5 Å². The van der Waals surface area contributed by atoms with Gasteiger partial charge in [-0.1, -0.05) is 0 Å². The number of carbonyl (C=O) groups is 2. The topological polar surface area (TPSA) is 116 Å².